The van der Waals surface area contributed by atoms with Gasteiger partial charge >= 0.3 is 0 Å². The summed E-state index contributed by atoms with van der Waals surface area (Å²) in [5.41, 5.74) is -0.318. The minimum Gasteiger partial charge on any atom is -0.379 e. The Balaban J connectivity index is 1.55. The van der Waals surface area contributed by atoms with E-state index in [2.05, 4.69) is 15.5 Å². The monoisotopic (exact) mass is 483 g/mol. The van der Waals surface area contributed by atoms with Crippen LogP contribution in [0.3, 0.4) is 0 Å². The summed E-state index contributed by atoms with van der Waals surface area (Å²) < 4.78 is 28.3. The number of carbonyl (C=O) groups excluding carboxylic acids is 1. The van der Waals surface area contributed by atoms with Crippen molar-refractivity contribution in [3.8, 4) is 0 Å². The molecule has 1 aliphatic rings. The van der Waals surface area contributed by atoms with Gasteiger partial charge in [-0.3, -0.25) is 19.8 Å². The number of benzene rings is 1. The molecule has 0 aliphatic carbocycles. The van der Waals surface area contributed by atoms with Gasteiger partial charge in [0, 0.05) is 43.5 Å². The number of nitrogens with zero attached hydrogens (tertiary/aromatic N) is 2. The first-order valence-corrected chi connectivity index (χ1v) is 12.4. The number of thiophene rings is 1. The zero-order valence-electron chi connectivity index (χ0n) is 17.2. The van der Waals surface area contributed by atoms with E-state index >= 15 is 0 Å². The molecule has 1 atom stereocenters. The van der Waals surface area contributed by atoms with Crippen molar-refractivity contribution in [2.45, 2.75) is 17.4 Å². The number of rotatable bonds is 10. The molecule has 11 nitrogen and oxygen atoms in total. The van der Waals surface area contributed by atoms with E-state index in [1.807, 2.05) is 17.5 Å². The van der Waals surface area contributed by atoms with Crippen molar-refractivity contribution >= 4 is 38.6 Å². The minimum atomic E-state index is -4.06. The quantitative estimate of drug-likeness (QED) is 0.337. The topological polar surface area (TPSA) is 157 Å². The second kappa shape index (κ2) is 10.8. The average Bonchev–Trinajstić information content (AvgIpc) is 3.28. The van der Waals surface area contributed by atoms with Crippen LogP contribution in [0.25, 0.3) is 0 Å². The normalized spacial score (nSPS) is 15.8. The summed E-state index contributed by atoms with van der Waals surface area (Å²) in [6.45, 7) is 3.48. The van der Waals surface area contributed by atoms with Gasteiger partial charge in [0.1, 0.15) is 5.69 Å². The molecule has 1 amide bonds. The highest BCUT2D eigenvalue weighted by atomic mass is 32.2. The highest BCUT2D eigenvalue weighted by Crippen LogP contribution is 2.27. The van der Waals surface area contributed by atoms with E-state index in [9.17, 15) is 23.3 Å². The van der Waals surface area contributed by atoms with Gasteiger partial charge in [0.25, 0.3) is 5.69 Å². The molecule has 0 spiro atoms. The Labute approximate surface area is 189 Å². The van der Waals surface area contributed by atoms with E-state index in [-0.39, 0.29) is 35.5 Å². The maximum atomic E-state index is 12.4. The van der Waals surface area contributed by atoms with Crippen molar-refractivity contribution in [3.05, 3.63) is 50.7 Å². The molecular weight excluding hydrogens is 458 g/mol. The lowest BCUT2D eigenvalue weighted by Crippen LogP contribution is -2.43. The van der Waals surface area contributed by atoms with Crippen LogP contribution in [0.1, 0.15) is 17.3 Å². The van der Waals surface area contributed by atoms with Gasteiger partial charge in [0.05, 0.1) is 29.1 Å². The number of amides is 1. The minimum absolute atomic E-state index is 0.0580. The van der Waals surface area contributed by atoms with Crippen LogP contribution in [-0.4, -0.2) is 63.5 Å². The third-order valence-corrected chi connectivity index (χ3v) is 6.90. The Bertz CT molecular complexity index is 1040. The standard InChI is InChI=1S/C19H25N5O6S2/c20-32(28,29)14-3-4-15(16(12-14)24(26)27)21-6-5-19(25)22-13-17(18-2-1-11-31-18)23-7-9-30-10-8-23/h1-4,11-12,17,21H,5-10,13H2,(H,22,25)(H2,20,28,29). The number of primary sulfonamides is 1. The molecule has 2 aromatic rings. The average molecular weight is 484 g/mol. The fourth-order valence-corrected chi connectivity index (χ4v) is 4.77. The van der Waals surface area contributed by atoms with Gasteiger partial charge in [-0.1, -0.05) is 6.07 Å². The Morgan fingerprint density at radius 2 is 2.06 bits per heavy atom. The van der Waals surface area contributed by atoms with E-state index in [0.717, 1.165) is 24.0 Å². The molecule has 32 heavy (non-hydrogen) atoms. The highest BCUT2D eigenvalue weighted by Gasteiger charge is 2.24. The number of ether oxygens (including phenoxy) is 1. The first-order chi connectivity index (χ1) is 15.3. The van der Waals surface area contributed by atoms with Gasteiger partial charge in [0.15, 0.2) is 0 Å². The summed E-state index contributed by atoms with van der Waals surface area (Å²) in [7, 11) is -4.06. The van der Waals surface area contributed by atoms with Crippen LogP contribution in [0.5, 0.6) is 0 Å². The maximum Gasteiger partial charge on any atom is 0.293 e. The van der Waals surface area contributed by atoms with Crippen molar-refractivity contribution < 1.29 is 22.9 Å². The molecule has 2 heterocycles. The number of hydrogen-bond acceptors (Lipinski definition) is 9. The summed E-state index contributed by atoms with van der Waals surface area (Å²) in [5, 5.41) is 24.1. The number of anilines is 1. The van der Waals surface area contributed by atoms with Crippen LogP contribution in [0, 0.1) is 10.1 Å². The van der Waals surface area contributed by atoms with Crippen LogP contribution < -0.4 is 15.8 Å². The highest BCUT2D eigenvalue weighted by molar-refractivity contribution is 7.89. The number of nitrogens with two attached hydrogens (primary N) is 1. The van der Waals surface area contributed by atoms with Gasteiger partial charge in [-0.15, -0.1) is 11.3 Å². The molecular formula is C19H25N5O6S2. The van der Waals surface area contributed by atoms with E-state index < -0.39 is 20.6 Å². The summed E-state index contributed by atoms with van der Waals surface area (Å²) in [4.78, 5) is 26.0. The Morgan fingerprint density at radius 3 is 2.69 bits per heavy atom. The molecule has 1 aliphatic heterocycles. The molecule has 1 aromatic carbocycles. The Hall–Kier alpha value is -2.58. The molecule has 174 valence electrons. The molecule has 13 heteroatoms. The number of nitrogens with one attached hydrogen (secondary N) is 2. The van der Waals surface area contributed by atoms with E-state index in [1.54, 1.807) is 11.3 Å². The molecule has 0 saturated carbocycles. The SMILES string of the molecule is NS(=O)(=O)c1ccc(NCCC(=O)NCC(c2cccs2)N2CCOCC2)c([N+](=O)[O-])c1. The van der Waals surface area contributed by atoms with E-state index in [4.69, 9.17) is 9.88 Å². The van der Waals surface area contributed by atoms with Crippen molar-refractivity contribution in [2.75, 3.05) is 44.7 Å². The van der Waals surface area contributed by atoms with Crippen LogP contribution in [0.4, 0.5) is 11.4 Å². The lowest BCUT2D eigenvalue weighted by atomic mass is 10.2. The van der Waals surface area contributed by atoms with Crippen molar-refractivity contribution in [1.82, 2.24) is 10.2 Å². The molecule has 4 N–H and O–H groups in total. The predicted molar refractivity (Wildman–Crippen MR) is 120 cm³/mol. The first-order valence-electron chi connectivity index (χ1n) is 9.92. The van der Waals surface area contributed by atoms with E-state index in [1.165, 1.54) is 12.1 Å². The first kappa shape index (κ1) is 24.1. The zero-order valence-corrected chi connectivity index (χ0v) is 18.9. The number of hydrogen-bond donors (Lipinski definition) is 3. The van der Waals surface area contributed by atoms with Gasteiger partial charge in [-0.05, 0) is 23.6 Å². The maximum absolute atomic E-state index is 12.4. The second-order valence-electron chi connectivity index (χ2n) is 7.14. The van der Waals surface area contributed by atoms with Crippen molar-refractivity contribution in [1.29, 1.82) is 0 Å². The smallest absolute Gasteiger partial charge is 0.293 e. The lowest BCUT2D eigenvalue weighted by molar-refractivity contribution is -0.384. The van der Waals surface area contributed by atoms with Gasteiger partial charge in [0.2, 0.25) is 15.9 Å². The third kappa shape index (κ3) is 6.46. The van der Waals surface area contributed by atoms with Crippen molar-refractivity contribution in [2.24, 2.45) is 5.14 Å². The van der Waals surface area contributed by atoms with Gasteiger partial charge < -0.3 is 15.4 Å². The number of sulfonamides is 1. The summed E-state index contributed by atoms with van der Waals surface area (Å²) in [6.07, 6.45) is 0.0916. The molecule has 0 radical (unpaired) electrons. The van der Waals surface area contributed by atoms with Crippen molar-refractivity contribution in [3.63, 3.8) is 0 Å². The number of nitro benzene ring substituents is 1. The molecule has 1 aromatic heterocycles. The fourth-order valence-electron chi connectivity index (χ4n) is 3.38. The lowest BCUT2D eigenvalue weighted by Gasteiger charge is -2.34. The zero-order chi connectivity index (χ0) is 23.1. The van der Waals surface area contributed by atoms with Gasteiger partial charge in [-0.25, -0.2) is 13.6 Å². The molecule has 1 saturated heterocycles. The second-order valence-corrected chi connectivity index (χ2v) is 9.68. The molecule has 1 unspecified atom stereocenters. The van der Waals surface area contributed by atoms with Crippen LogP contribution in [0.15, 0.2) is 40.6 Å². The van der Waals surface area contributed by atoms with Gasteiger partial charge in [-0.2, -0.15) is 0 Å². The summed E-state index contributed by atoms with van der Waals surface area (Å²) >= 11 is 1.64. The van der Waals surface area contributed by atoms with Crippen LogP contribution in [-0.2, 0) is 19.6 Å². The molecule has 0 bridgehead atoms. The van der Waals surface area contributed by atoms with Crippen LogP contribution >= 0.6 is 11.3 Å². The predicted octanol–water partition coefficient (Wildman–Crippen LogP) is 1.30. The largest absolute Gasteiger partial charge is 0.379 e. The van der Waals surface area contributed by atoms with Crippen LogP contribution in [0.2, 0.25) is 0 Å². The summed E-state index contributed by atoms with van der Waals surface area (Å²) in [5.74, 6) is -0.198. The third-order valence-electron chi connectivity index (χ3n) is 5.01. The Kier molecular flexibility index (Phi) is 8.15. The number of morpholine rings is 1. The number of nitro groups is 1. The number of carbonyl (C=O) groups is 1. The summed E-state index contributed by atoms with van der Waals surface area (Å²) in [6, 6.07) is 7.42. The fraction of sp³-hybridized carbons (Fsp3) is 0.421. The molecule has 1 fully saturated rings. The Morgan fingerprint density at radius 1 is 1.31 bits per heavy atom. The van der Waals surface area contributed by atoms with E-state index in [0.29, 0.717) is 19.8 Å². The molecule has 3 rings (SSSR count).